The Bertz CT molecular complexity index is 712. The third kappa shape index (κ3) is 1.52. The van der Waals surface area contributed by atoms with Crippen molar-refractivity contribution < 1.29 is 19.8 Å². The second-order valence-corrected chi connectivity index (χ2v) is 4.55. The lowest BCUT2D eigenvalue weighted by Crippen LogP contribution is -2.20. The van der Waals surface area contributed by atoms with Gasteiger partial charge in [-0.3, -0.25) is 9.59 Å². The van der Waals surface area contributed by atoms with E-state index in [-0.39, 0.29) is 33.9 Å². The third-order valence-electron chi connectivity index (χ3n) is 3.27. The maximum atomic E-state index is 12.3. The number of aromatic nitrogens is 1. The highest BCUT2D eigenvalue weighted by atomic mass is 16.3. The first-order valence-electron chi connectivity index (χ1n) is 5.83. The van der Waals surface area contributed by atoms with Crippen LogP contribution in [0.15, 0.2) is 24.3 Å². The van der Waals surface area contributed by atoms with Gasteiger partial charge in [0.15, 0.2) is 5.78 Å². The first-order valence-corrected chi connectivity index (χ1v) is 5.83. The lowest BCUT2D eigenvalue weighted by Gasteiger charge is -2.14. The molecule has 0 saturated carbocycles. The molecule has 0 bridgehead atoms. The Labute approximate surface area is 108 Å². The normalized spacial score (nSPS) is 15.1. The monoisotopic (exact) mass is 257 g/mol. The zero-order valence-electron chi connectivity index (χ0n) is 10.1. The van der Waals surface area contributed by atoms with Crippen LogP contribution in [0.5, 0.6) is 5.75 Å². The summed E-state index contributed by atoms with van der Waals surface area (Å²) in [6.45, 7) is 1.54. The fraction of sp³-hybridized carbons (Fsp3) is 0.143. The number of carbonyl (C=O) groups is 2. The summed E-state index contributed by atoms with van der Waals surface area (Å²) in [7, 11) is 0. The number of nitrogens with one attached hydrogen (secondary N) is 1. The van der Waals surface area contributed by atoms with Crippen molar-refractivity contribution in [2.45, 2.75) is 13.0 Å². The number of ketones is 2. The van der Waals surface area contributed by atoms with Gasteiger partial charge >= 0.3 is 0 Å². The first-order chi connectivity index (χ1) is 9.00. The average molecular weight is 257 g/mol. The number of aromatic amines is 1. The lowest BCUT2D eigenvalue weighted by atomic mass is 9.87. The average Bonchev–Trinajstić information content (AvgIpc) is 2.81. The van der Waals surface area contributed by atoms with Gasteiger partial charge in [0.05, 0.1) is 22.9 Å². The molecular weight excluding hydrogens is 246 g/mol. The van der Waals surface area contributed by atoms with Crippen molar-refractivity contribution in [3.8, 4) is 5.75 Å². The molecule has 1 aromatic carbocycles. The number of benzene rings is 1. The van der Waals surface area contributed by atoms with Gasteiger partial charge in [-0.05, 0) is 25.1 Å². The van der Waals surface area contributed by atoms with E-state index in [0.29, 0.717) is 5.69 Å². The fourth-order valence-corrected chi connectivity index (χ4v) is 2.30. The number of fused-ring (bicyclic) bond motifs is 2. The molecule has 5 nitrogen and oxygen atoms in total. The standard InChI is InChI=1S/C14H11NO4/c1-6(16)9-5-8-12(15-9)14(19)7-3-2-4-10(17)11(7)13(8)18/h2-6,15-17H,1H3/t6-/m0/s1. The molecule has 0 unspecified atom stereocenters. The zero-order valence-corrected chi connectivity index (χ0v) is 10.1. The summed E-state index contributed by atoms with van der Waals surface area (Å²) in [5.74, 6) is -0.973. The molecule has 0 fully saturated rings. The Hall–Kier alpha value is -2.40. The van der Waals surface area contributed by atoms with Gasteiger partial charge in [0.25, 0.3) is 0 Å². The SMILES string of the molecule is C[C@H](O)c1cc2c([nH]1)C(=O)c1cccc(O)c1C2=O. The largest absolute Gasteiger partial charge is 0.507 e. The molecule has 0 saturated heterocycles. The van der Waals surface area contributed by atoms with E-state index in [1.54, 1.807) is 0 Å². The van der Waals surface area contributed by atoms with Gasteiger partial charge in [0.1, 0.15) is 5.75 Å². The minimum Gasteiger partial charge on any atom is -0.507 e. The van der Waals surface area contributed by atoms with Crippen molar-refractivity contribution in [1.29, 1.82) is 0 Å². The number of phenols is 1. The van der Waals surface area contributed by atoms with Gasteiger partial charge < -0.3 is 15.2 Å². The van der Waals surface area contributed by atoms with Crippen molar-refractivity contribution in [3.05, 3.63) is 52.3 Å². The number of aliphatic hydroxyl groups is 1. The number of aliphatic hydroxyl groups excluding tert-OH is 1. The zero-order chi connectivity index (χ0) is 13.7. The lowest BCUT2D eigenvalue weighted by molar-refractivity contribution is 0.0974. The quantitative estimate of drug-likeness (QED) is 0.617. The smallest absolute Gasteiger partial charge is 0.210 e. The van der Waals surface area contributed by atoms with E-state index in [1.807, 2.05) is 0 Å². The maximum absolute atomic E-state index is 12.3. The summed E-state index contributed by atoms with van der Waals surface area (Å²) in [6.07, 6.45) is -0.803. The van der Waals surface area contributed by atoms with E-state index in [9.17, 15) is 19.8 Å². The molecule has 0 spiro atoms. The van der Waals surface area contributed by atoms with Crippen LogP contribution in [0.3, 0.4) is 0 Å². The highest BCUT2D eigenvalue weighted by Gasteiger charge is 2.34. The van der Waals surface area contributed by atoms with Gasteiger partial charge in [-0.25, -0.2) is 0 Å². The van der Waals surface area contributed by atoms with Crippen molar-refractivity contribution in [1.82, 2.24) is 4.98 Å². The van der Waals surface area contributed by atoms with Crippen LogP contribution >= 0.6 is 0 Å². The highest BCUT2D eigenvalue weighted by Crippen LogP contribution is 2.33. The molecule has 1 aromatic heterocycles. The number of carbonyl (C=O) groups excluding carboxylic acids is 2. The molecule has 19 heavy (non-hydrogen) atoms. The van der Waals surface area contributed by atoms with Crippen molar-refractivity contribution in [2.75, 3.05) is 0 Å². The Kier molecular flexibility index (Phi) is 2.33. The Balaban J connectivity index is 2.27. The van der Waals surface area contributed by atoms with Crippen LogP contribution in [0, 0.1) is 0 Å². The van der Waals surface area contributed by atoms with Gasteiger partial charge in [-0.2, -0.15) is 0 Å². The van der Waals surface area contributed by atoms with Crippen LogP contribution in [0.4, 0.5) is 0 Å². The van der Waals surface area contributed by atoms with E-state index in [0.717, 1.165) is 0 Å². The summed E-state index contributed by atoms with van der Waals surface area (Å²) >= 11 is 0. The van der Waals surface area contributed by atoms with Crippen LogP contribution in [0.25, 0.3) is 0 Å². The van der Waals surface area contributed by atoms with Gasteiger partial charge in [0.2, 0.25) is 5.78 Å². The van der Waals surface area contributed by atoms with Crippen LogP contribution < -0.4 is 0 Å². The molecule has 1 aliphatic carbocycles. The molecule has 3 rings (SSSR count). The molecule has 1 atom stereocenters. The maximum Gasteiger partial charge on any atom is 0.210 e. The molecule has 2 aromatic rings. The molecule has 5 heteroatoms. The molecule has 1 aliphatic rings. The molecule has 0 aliphatic heterocycles. The number of aromatic hydroxyl groups is 1. The van der Waals surface area contributed by atoms with Crippen molar-refractivity contribution in [2.24, 2.45) is 0 Å². The number of hydrogen-bond acceptors (Lipinski definition) is 4. The Morgan fingerprint density at radius 2 is 1.89 bits per heavy atom. The van der Waals surface area contributed by atoms with Crippen LogP contribution in [0.2, 0.25) is 0 Å². The summed E-state index contributed by atoms with van der Waals surface area (Å²) < 4.78 is 0. The minimum absolute atomic E-state index is 0.0242. The van der Waals surface area contributed by atoms with Gasteiger partial charge in [0, 0.05) is 11.3 Å². The molecule has 96 valence electrons. The van der Waals surface area contributed by atoms with Crippen LogP contribution in [-0.4, -0.2) is 26.8 Å². The minimum atomic E-state index is -0.803. The summed E-state index contributed by atoms with van der Waals surface area (Å²) in [6, 6.07) is 5.84. The van der Waals surface area contributed by atoms with E-state index >= 15 is 0 Å². The van der Waals surface area contributed by atoms with Crippen LogP contribution in [-0.2, 0) is 0 Å². The number of phenolic OH excluding ortho intramolecular Hbond substituents is 1. The molecule has 1 heterocycles. The van der Waals surface area contributed by atoms with Gasteiger partial charge in [-0.1, -0.05) is 6.07 Å². The van der Waals surface area contributed by atoms with E-state index in [1.165, 1.54) is 31.2 Å². The van der Waals surface area contributed by atoms with Crippen molar-refractivity contribution >= 4 is 11.6 Å². The summed E-state index contributed by atoms with van der Waals surface area (Å²) in [4.78, 5) is 27.3. The predicted octanol–water partition coefficient (Wildman–Crippen LogP) is 1.55. The van der Waals surface area contributed by atoms with E-state index in [2.05, 4.69) is 4.98 Å². The van der Waals surface area contributed by atoms with E-state index in [4.69, 9.17) is 0 Å². The fourth-order valence-electron chi connectivity index (χ4n) is 2.30. The predicted molar refractivity (Wildman–Crippen MR) is 66.4 cm³/mol. The van der Waals surface area contributed by atoms with Crippen LogP contribution in [0.1, 0.15) is 50.7 Å². The number of rotatable bonds is 1. The second-order valence-electron chi connectivity index (χ2n) is 4.55. The second kappa shape index (κ2) is 3.80. The van der Waals surface area contributed by atoms with Crippen molar-refractivity contribution in [3.63, 3.8) is 0 Å². The molecular formula is C14H11NO4. The Morgan fingerprint density at radius 1 is 1.16 bits per heavy atom. The number of H-pyrrole nitrogens is 1. The molecule has 3 N–H and O–H groups in total. The first kappa shape index (κ1) is 11.7. The number of hydrogen-bond donors (Lipinski definition) is 3. The van der Waals surface area contributed by atoms with Gasteiger partial charge in [-0.15, -0.1) is 0 Å². The Morgan fingerprint density at radius 3 is 2.58 bits per heavy atom. The molecule has 0 amide bonds. The topological polar surface area (TPSA) is 90.4 Å². The van der Waals surface area contributed by atoms with E-state index < -0.39 is 11.9 Å². The third-order valence-corrected chi connectivity index (χ3v) is 3.27. The summed E-state index contributed by atoms with van der Waals surface area (Å²) in [5, 5.41) is 19.3. The molecule has 0 radical (unpaired) electrons. The highest BCUT2D eigenvalue weighted by molar-refractivity contribution is 6.28. The summed E-state index contributed by atoms with van der Waals surface area (Å²) in [5.41, 5.74) is 0.959.